The molecule has 0 aliphatic heterocycles. The molecule has 23 heavy (non-hydrogen) atoms. The van der Waals surface area contributed by atoms with Crippen LogP contribution in [0.4, 0.5) is 5.82 Å². The molecule has 5 nitrogen and oxygen atoms in total. The number of carbonyl (C=O) groups excluding carboxylic acids is 1. The summed E-state index contributed by atoms with van der Waals surface area (Å²) in [7, 11) is 0. The first-order chi connectivity index (χ1) is 11.3. The lowest BCUT2D eigenvalue weighted by Gasteiger charge is -2.06. The Morgan fingerprint density at radius 3 is 2.78 bits per heavy atom. The second-order valence-electron chi connectivity index (χ2n) is 5.83. The van der Waals surface area contributed by atoms with Crippen LogP contribution in [0.3, 0.4) is 0 Å². The van der Waals surface area contributed by atoms with Crippen molar-refractivity contribution < 1.29 is 9.53 Å². The van der Waals surface area contributed by atoms with Gasteiger partial charge in [0.15, 0.2) is 5.82 Å². The first-order valence-electron chi connectivity index (χ1n) is 7.76. The van der Waals surface area contributed by atoms with E-state index >= 15 is 0 Å². The van der Waals surface area contributed by atoms with E-state index in [2.05, 4.69) is 10.4 Å². The number of rotatable bonds is 5. The Balaban J connectivity index is 1.43. The summed E-state index contributed by atoms with van der Waals surface area (Å²) in [6.07, 6.45) is 4.37. The number of carbonyl (C=O) groups is 1. The number of benzene rings is 1. The number of nitrogens with one attached hydrogen (secondary N) is 1. The number of nitrogens with zero attached hydrogens (tertiary/aromatic N) is 2. The molecule has 1 N–H and O–H groups in total. The van der Waals surface area contributed by atoms with Gasteiger partial charge in [-0.2, -0.15) is 5.10 Å². The van der Waals surface area contributed by atoms with Crippen LogP contribution in [0.15, 0.2) is 54.7 Å². The Kier molecular flexibility index (Phi) is 3.46. The maximum absolute atomic E-state index is 12.3. The zero-order chi connectivity index (χ0) is 15.6. The molecule has 1 amide bonds. The molecule has 3 aromatic rings. The quantitative estimate of drug-likeness (QED) is 0.786. The summed E-state index contributed by atoms with van der Waals surface area (Å²) in [5.74, 6) is 1.88. The molecule has 2 heterocycles. The van der Waals surface area contributed by atoms with Gasteiger partial charge in [0.1, 0.15) is 5.75 Å². The number of aromatic nitrogens is 2. The van der Waals surface area contributed by atoms with Crippen LogP contribution in [0.5, 0.6) is 5.75 Å². The molecule has 0 atom stereocenters. The molecule has 1 aromatic carbocycles. The van der Waals surface area contributed by atoms with Crippen LogP contribution in [0.2, 0.25) is 0 Å². The van der Waals surface area contributed by atoms with Crippen molar-refractivity contribution in [3.8, 4) is 5.75 Å². The lowest BCUT2D eigenvalue weighted by Crippen LogP contribution is -2.12. The minimum absolute atomic E-state index is 0.179. The molecular formula is C18H17N3O2. The Labute approximate surface area is 133 Å². The van der Waals surface area contributed by atoms with Gasteiger partial charge in [0.2, 0.25) is 0 Å². The highest BCUT2D eigenvalue weighted by molar-refractivity contribution is 6.04. The van der Waals surface area contributed by atoms with Crippen molar-refractivity contribution >= 4 is 17.2 Å². The van der Waals surface area contributed by atoms with Crippen LogP contribution < -0.4 is 10.1 Å². The van der Waals surface area contributed by atoms with Gasteiger partial charge in [-0.3, -0.25) is 4.79 Å². The molecule has 2 aromatic heterocycles. The van der Waals surface area contributed by atoms with Gasteiger partial charge in [0, 0.05) is 17.8 Å². The molecule has 0 radical (unpaired) electrons. The highest BCUT2D eigenvalue weighted by Gasteiger charge is 2.21. The number of anilines is 1. The fourth-order valence-corrected chi connectivity index (χ4v) is 2.39. The average molecular weight is 307 g/mol. The number of hydrogen-bond acceptors (Lipinski definition) is 3. The topological polar surface area (TPSA) is 55.6 Å². The number of amides is 1. The van der Waals surface area contributed by atoms with Crippen LogP contribution >= 0.6 is 0 Å². The Bertz CT molecular complexity index is 802. The minimum Gasteiger partial charge on any atom is -0.493 e. The number of ether oxygens (including phenoxy) is 1. The van der Waals surface area contributed by atoms with Crippen molar-refractivity contribution in [3.05, 3.63) is 60.3 Å². The standard InChI is InChI=1S/C18H17N3O2/c22-18(19-17-11-15-3-1-2-10-21(15)20-17)14-6-8-16(9-7-14)23-12-13-4-5-13/h1-3,6-11,13H,4-5,12H2,(H,19,20,22). The molecule has 0 unspecified atom stereocenters. The summed E-state index contributed by atoms with van der Waals surface area (Å²) in [4.78, 5) is 12.3. The molecule has 1 aliphatic rings. The van der Waals surface area contributed by atoms with E-state index in [1.54, 1.807) is 16.6 Å². The fourth-order valence-electron chi connectivity index (χ4n) is 2.39. The van der Waals surface area contributed by atoms with Crippen LogP contribution in [-0.4, -0.2) is 22.1 Å². The average Bonchev–Trinajstić information content (AvgIpc) is 3.31. The van der Waals surface area contributed by atoms with E-state index < -0.39 is 0 Å². The zero-order valence-electron chi connectivity index (χ0n) is 12.6. The van der Waals surface area contributed by atoms with Crippen molar-refractivity contribution in [2.24, 2.45) is 5.92 Å². The Morgan fingerprint density at radius 2 is 2.04 bits per heavy atom. The molecule has 5 heteroatoms. The van der Waals surface area contributed by atoms with E-state index in [1.165, 1.54) is 12.8 Å². The smallest absolute Gasteiger partial charge is 0.256 e. The third-order valence-corrected chi connectivity index (χ3v) is 3.91. The van der Waals surface area contributed by atoms with E-state index in [0.29, 0.717) is 17.3 Å². The third kappa shape index (κ3) is 3.18. The first-order valence-corrected chi connectivity index (χ1v) is 7.76. The third-order valence-electron chi connectivity index (χ3n) is 3.91. The van der Waals surface area contributed by atoms with Gasteiger partial charge in [-0.15, -0.1) is 0 Å². The lowest BCUT2D eigenvalue weighted by atomic mass is 10.2. The predicted molar refractivity (Wildman–Crippen MR) is 87.8 cm³/mol. The van der Waals surface area contributed by atoms with Crippen LogP contribution in [0.25, 0.3) is 5.52 Å². The molecule has 1 aliphatic carbocycles. The van der Waals surface area contributed by atoms with E-state index in [1.807, 2.05) is 42.6 Å². The van der Waals surface area contributed by atoms with E-state index in [9.17, 15) is 4.79 Å². The molecule has 4 rings (SSSR count). The van der Waals surface area contributed by atoms with Crippen molar-refractivity contribution in [1.29, 1.82) is 0 Å². The lowest BCUT2D eigenvalue weighted by molar-refractivity contribution is 0.102. The molecule has 1 fully saturated rings. The first kappa shape index (κ1) is 13.8. The van der Waals surface area contributed by atoms with E-state index in [-0.39, 0.29) is 5.91 Å². The molecule has 1 saturated carbocycles. The van der Waals surface area contributed by atoms with Gasteiger partial charge >= 0.3 is 0 Å². The van der Waals surface area contributed by atoms with Crippen molar-refractivity contribution in [2.75, 3.05) is 11.9 Å². The summed E-state index contributed by atoms with van der Waals surface area (Å²) < 4.78 is 7.40. The summed E-state index contributed by atoms with van der Waals surface area (Å²) in [5, 5.41) is 7.13. The normalized spacial score (nSPS) is 13.9. The van der Waals surface area contributed by atoms with Gasteiger partial charge in [-0.25, -0.2) is 4.52 Å². The molecule has 116 valence electrons. The second-order valence-corrected chi connectivity index (χ2v) is 5.83. The second kappa shape index (κ2) is 5.76. The monoisotopic (exact) mass is 307 g/mol. The van der Waals surface area contributed by atoms with Crippen molar-refractivity contribution in [2.45, 2.75) is 12.8 Å². The van der Waals surface area contributed by atoms with Crippen molar-refractivity contribution in [1.82, 2.24) is 9.61 Å². The maximum atomic E-state index is 12.3. The molecule has 0 saturated heterocycles. The van der Waals surface area contributed by atoms with Gasteiger partial charge in [-0.1, -0.05) is 6.07 Å². The highest BCUT2D eigenvalue weighted by Crippen LogP contribution is 2.29. The van der Waals surface area contributed by atoms with Gasteiger partial charge in [0.05, 0.1) is 12.1 Å². The predicted octanol–water partition coefficient (Wildman–Crippen LogP) is 3.38. The van der Waals surface area contributed by atoms with E-state index in [4.69, 9.17) is 4.74 Å². The molecule has 0 bridgehead atoms. The number of pyridine rings is 1. The van der Waals surface area contributed by atoms with Crippen LogP contribution in [-0.2, 0) is 0 Å². The fraction of sp³-hybridized carbons (Fsp3) is 0.222. The van der Waals surface area contributed by atoms with E-state index in [0.717, 1.165) is 17.9 Å². The van der Waals surface area contributed by atoms with Crippen molar-refractivity contribution in [3.63, 3.8) is 0 Å². The zero-order valence-corrected chi connectivity index (χ0v) is 12.6. The van der Waals surface area contributed by atoms with Crippen LogP contribution in [0.1, 0.15) is 23.2 Å². The minimum atomic E-state index is -0.179. The summed E-state index contributed by atoms with van der Waals surface area (Å²) in [5.41, 5.74) is 1.52. The Morgan fingerprint density at radius 1 is 1.22 bits per heavy atom. The largest absolute Gasteiger partial charge is 0.493 e. The SMILES string of the molecule is O=C(Nc1cc2ccccn2n1)c1ccc(OCC2CC2)cc1. The highest BCUT2D eigenvalue weighted by atomic mass is 16.5. The number of fused-ring (bicyclic) bond motifs is 1. The van der Waals surface area contributed by atoms with Gasteiger partial charge in [-0.05, 0) is 55.2 Å². The summed E-state index contributed by atoms with van der Waals surface area (Å²) in [6, 6.07) is 14.8. The van der Waals surface area contributed by atoms with Gasteiger partial charge < -0.3 is 10.1 Å². The summed E-state index contributed by atoms with van der Waals surface area (Å²) in [6.45, 7) is 0.771. The summed E-state index contributed by atoms with van der Waals surface area (Å²) >= 11 is 0. The Hall–Kier alpha value is -2.82. The molecular weight excluding hydrogens is 290 g/mol. The number of hydrogen-bond donors (Lipinski definition) is 1. The molecule has 0 spiro atoms. The van der Waals surface area contributed by atoms with Crippen LogP contribution in [0, 0.1) is 5.92 Å². The van der Waals surface area contributed by atoms with Gasteiger partial charge in [0.25, 0.3) is 5.91 Å². The maximum Gasteiger partial charge on any atom is 0.256 e.